The van der Waals surface area contributed by atoms with Crippen LogP contribution >= 0.6 is 0 Å². The average Bonchev–Trinajstić information content (AvgIpc) is 2.54. The van der Waals surface area contributed by atoms with Gasteiger partial charge in [0, 0.05) is 16.8 Å². The number of amides is 1. The minimum atomic E-state index is -0.238. The standard InChI is InChI=1S/C16H12N2O3/c17-8-11-2-1-3-14(6-11)18-16(19)12-4-5-15-13(7-12)9-20-10-21-15/h1-7H,9-10H2,(H,18,19). The average molecular weight is 280 g/mol. The maximum Gasteiger partial charge on any atom is 0.255 e. The number of ether oxygens (including phenoxy) is 2. The van der Waals surface area contributed by atoms with Gasteiger partial charge in [-0.3, -0.25) is 4.79 Å². The molecule has 3 rings (SSSR count). The number of nitrogens with one attached hydrogen (secondary N) is 1. The van der Waals surface area contributed by atoms with Crippen LogP contribution in [-0.4, -0.2) is 12.7 Å². The van der Waals surface area contributed by atoms with E-state index in [0.717, 1.165) is 11.3 Å². The molecule has 1 amide bonds. The molecule has 0 saturated heterocycles. The number of nitriles is 1. The Hall–Kier alpha value is -2.84. The molecule has 0 aromatic heterocycles. The molecular weight excluding hydrogens is 268 g/mol. The van der Waals surface area contributed by atoms with Gasteiger partial charge in [0.25, 0.3) is 5.91 Å². The lowest BCUT2D eigenvalue weighted by atomic mass is 10.1. The highest BCUT2D eigenvalue weighted by atomic mass is 16.7. The number of hydrogen-bond acceptors (Lipinski definition) is 4. The summed E-state index contributed by atoms with van der Waals surface area (Å²) in [4.78, 5) is 12.2. The summed E-state index contributed by atoms with van der Waals surface area (Å²) in [6, 6.07) is 14.0. The minimum Gasteiger partial charge on any atom is -0.467 e. The van der Waals surface area contributed by atoms with E-state index in [-0.39, 0.29) is 12.7 Å². The zero-order chi connectivity index (χ0) is 14.7. The van der Waals surface area contributed by atoms with Gasteiger partial charge >= 0.3 is 0 Å². The van der Waals surface area contributed by atoms with Crippen LogP contribution in [0.1, 0.15) is 21.5 Å². The zero-order valence-corrected chi connectivity index (χ0v) is 11.1. The highest BCUT2D eigenvalue weighted by molar-refractivity contribution is 6.04. The second kappa shape index (κ2) is 5.65. The number of rotatable bonds is 2. The van der Waals surface area contributed by atoms with Crippen LogP contribution in [0.25, 0.3) is 0 Å². The smallest absolute Gasteiger partial charge is 0.255 e. The first-order valence-corrected chi connectivity index (χ1v) is 6.41. The van der Waals surface area contributed by atoms with Gasteiger partial charge in [0.1, 0.15) is 5.75 Å². The first kappa shape index (κ1) is 13.2. The summed E-state index contributed by atoms with van der Waals surface area (Å²) in [5.74, 6) is 0.503. The fraction of sp³-hybridized carbons (Fsp3) is 0.125. The molecule has 0 saturated carbocycles. The second-order valence-corrected chi connectivity index (χ2v) is 4.58. The van der Waals surface area contributed by atoms with Gasteiger partial charge < -0.3 is 14.8 Å². The third kappa shape index (κ3) is 2.86. The lowest BCUT2D eigenvalue weighted by Crippen LogP contribution is -2.15. The predicted octanol–water partition coefficient (Wildman–Crippen LogP) is 2.68. The maximum absolute atomic E-state index is 12.2. The molecule has 0 spiro atoms. The highest BCUT2D eigenvalue weighted by Crippen LogP contribution is 2.25. The number of hydrogen-bond donors (Lipinski definition) is 1. The number of anilines is 1. The van der Waals surface area contributed by atoms with Crippen molar-refractivity contribution in [1.82, 2.24) is 0 Å². The molecule has 5 heteroatoms. The van der Waals surface area contributed by atoms with E-state index in [1.165, 1.54) is 0 Å². The molecule has 0 atom stereocenters. The fourth-order valence-electron chi connectivity index (χ4n) is 2.10. The summed E-state index contributed by atoms with van der Waals surface area (Å²) in [6.07, 6.45) is 0. The molecule has 5 nitrogen and oxygen atoms in total. The Morgan fingerprint density at radius 1 is 1.24 bits per heavy atom. The minimum absolute atomic E-state index is 0.236. The summed E-state index contributed by atoms with van der Waals surface area (Å²) in [5, 5.41) is 11.6. The topological polar surface area (TPSA) is 71.4 Å². The zero-order valence-electron chi connectivity index (χ0n) is 11.1. The van der Waals surface area contributed by atoms with Crippen molar-refractivity contribution in [2.24, 2.45) is 0 Å². The Balaban J connectivity index is 1.80. The third-order valence-electron chi connectivity index (χ3n) is 3.13. The van der Waals surface area contributed by atoms with E-state index in [1.807, 2.05) is 6.07 Å². The molecule has 21 heavy (non-hydrogen) atoms. The van der Waals surface area contributed by atoms with Gasteiger partial charge in [-0.1, -0.05) is 6.07 Å². The van der Waals surface area contributed by atoms with Crippen molar-refractivity contribution in [3.63, 3.8) is 0 Å². The molecule has 1 aliphatic heterocycles. The van der Waals surface area contributed by atoms with Crippen LogP contribution in [0.4, 0.5) is 5.69 Å². The van der Waals surface area contributed by atoms with Gasteiger partial charge in [-0.15, -0.1) is 0 Å². The molecule has 2 aromatic rings. The molecule has 104 valence electrons. The van der Waals surface area contributed by atoms with Gasteiger partial charge in [0.05, 0.1) is 18.2 Å². The van der Waals surface area contributed by atoms with Crippen LogP contribution in [0.2, 0.25) is 0 Å². The van der Waals surface area contributed by atoms with Crippen LogP contribution in [0, 0.1) is 11.3 Å². The van der Waals surface area contributed by atoms with Crippen molar-refractivity contribution in [3.8, 4) is 11.8 Å². The van der Waals surface area contributed by atoms with Crippen molar-refractivity contribution >= 4 is 11.6 Å². The molecule has 1 heterocycles. The van der Waals surface area contributed by atoms with Gasteiger partial charge in [-0.2, -0.15) is 5.26 Å². The van der Waals surface area contributed by atoms with Gasteiger partial charge in [-0.25, -0.2) is 0 Å². The van der Waals surface area contributed by atoms with Crippen molar-refractivity contribution in [3.05, 3.63) is 59.2 Å². The Bertz CT molecular complexity index is 735. The van der Waals surface area contributed by atoms with Crippen LogP contribution in [0.5, 0.6) is 5.75 Å². The summed E-state index contributed by atoms with van der Waals surface area (Å²) in [7, 11) is 0. The van der Waals surface area contributed by atoms with E-state index < -0.39 is 0 Å². The van der Waals surface area contributed by atoms with E-state index in [4.69, 9.17) is 14.7 Å². The van der Waals surface area contributed by atoms with Gasteiger partial charge in [-0.05, 0) is 36.4 Å². The molecular formula is C16H12N2O3. The number of fused-ring (bicyclic) bond motifs is 1. The fourth-order valence-corrected chi connectivity index (χ4v) is 2.10. The second-order valence-electron chi connectivity index (χ2n) is 4.58. The predicted molar refractivity (Wildman–Crippen MR) is 75.8 cm³/mol. The Labute approximate surface area is 121 Å². The number of nitrogens with zero attached hydrogens (tertiary/aromatic N) is 1. The van der Waals surface area contributed by atoms with E-state index in [1.54, 1.807) is 42.5 Å². The van der Waals surface area contributed by atoms with Crippen molar-refractivity contribution in [1.29, 1.82) is 5.26 Å². The molecule has 1 aliphatic rings. The largest absolute Gasteiger partial charge is 0.467 e. The van der Waals surface area contributed by atoms with E-state index in [0.29, 0.717) is 23.4 Å². The highest BCUT2D eigenvalue weighted by Gasteiger charge is 2.14. The number of carbonyl (C=O) groups excluding carboxylic acids is 1. The molecule has 0 radical (unpaired) electrons. The third-order valence-corrected chi connectivity index (χ3v) is 3.13. The lowest BCUT2D eigenvalue weighted by Gasteiger charge is -2.18. The summed E-state index contributed by atoms with van der Waals surface area (Å²) >= 11 is 0. The molecule has 0 unspecified atom stereocenters. The van der Waals surface area contributed by atoms with Crippen molar-refractivity contribution < 1.29 is 14.3 Å². The van der Waals surface area contributed by atoms with Crippen LogP contribution in [-0.2, 0) is 11.3 Å². The quantitative estimate of drug-likeness (QED) is 0.918. The SMILES string of the molecule is N#Cc1cccc(NC(=O)c2ccc3c(c2)COCO3)c1. The Morgan fingerprint density at radius 3 is 3.00 bits per heavy atom. The lowest BCUT2D eigenvalue weighted by molar-refractivity contribution is -0.0163. The monoisotopic (exact) mass is 280 g/mol. The number of carbonyl (C=O) groups is 1. The van der Waals surface area contributed by atoms with Crippen LogP contribution in [0.3, 0.4) is 0 Å². The summed E-state index contributed by atoms with van der Waals surface area (Å²) < 4.78 is 10.5. The maximum atomic E-state index is 12.2. The molecule has 2 aromatic carbocycles. The normalized spacial score (nSPS) is 12.7. The first-order valence-electron chi connectivity index (χ1n) is 6.41. The molecule has 0 bridgehead atoms. The van der Waals surface area contributed by atoms with E-state index >= 15 is 0 Å². The summed E-state index contributed by atoms with van der Waals surface area (Å²) in [6.45, 7) is 0.667. The van der Waals surface area contributed by atoms with E-state index in [2.05, 4.69) is 5.32 Å². The van der Waals surface area contributed by atoms with Crippen LogP contribution in [0.15, 0.2) is 42.5 Å². The number of benzene rings is 2. The molecule has 0 aliphatic carbocycles. The van der Waals surface area contributed by atoms with Gasteiger partial charge in [0.15, 0.2) is 6.79 Å². The Morgan fingerprint density at radius 2 is 2.14 bits per heavy atom. The molecule has 1 N–H and O–H groups in total. The summed E-state index contributed by atoms with van der Waals surface area (Å²) in [5.41, 5.74) is 2.45. The molecule has 0 fully saturated rings. The van der Waals surface area contributed by atoms with Crippen molar-refractivity contribution in [2.45, 2.75) is 6.61 Å². The van der Waals surface area contributed by atoms with Crippen molar-refractivity contribution in [2.75, 3.05) is 12.1 Å². The van der Waals surface area contributed by atoms with Gasteiger partial charge in [0.2, 0.25) is 0 Å². The first-order chi connectivity index (χ1) is 10.3. The Kier molecular flexibility index (Phi) is 3.54. The van der Waals surface area contributed by atoms with Crippen LogP contribution < -0.4 is 10.1 Å². The van der Waals surface area contributed by atoms with E-state index in [9.17, 15) is 4.79 Å².